The first kappa shape index (κ1) is 17.1. The van der Waals surface area contributed by atoms with E-state index >= 15 is 0 Å². The Morgan fingerprint density at radius 3 is 2.52 bits per heavy atom. The average Bonchev–Trinajstić information content (AvgIpc) is 3.20. The summed E-state index contributed by atoms with van der Waals surface area (Å²) in [6, 6.07) is 5.70. The van der Waals surface area contributed by atoms with Crippen LogP contribution in [0.4, 0.5) is 5.69 Å². The summed E-state index contributed by atoms with van der Waals surface area (Å²) in [5.74, 6) is -0.127. The second-order valence-corrected chi connectivity index (χ2v) is 7.59. The van der Waals surface area contributed by atoms with Gasteiger partial charge in [0.2, 0.25) is 5.91 Å². The van der Waals surface area contributed by atoms with Gasteiger partial charge in [-0.15, -0.1) is 0 Å². The number of thiophene rings is 1. The van der Waals surface area contributed by atoms with Gasteiger partial charge >= 0.3 is 0 Å². The van der Waals surface area contributed by atoms with Crippen molar-refractivity contribution in [3.8, 4) is 0 Å². The number of carbonyl (C=O) groups excluding carboxylic acids is 1. The second kappa shape index (κ2) is 7.41. The van der Waals surface area contributed by atoms with Crippen LogP contribution in [0.1, 0.15) is 18.4 Å². The second-order valence-electron chi connectivity index (χ2n) is 5.56. The Hall–Kier alpha value is -0.780. The number of halogens is 3. The topological polar surface area (TPSA) is 32.3 Å². The van der Waals surface area contributed by atoms with Crippen LogP contribution < -0.4 is 5.32 Å². The third kappa shape index (κ3) is 4.61. The lowest BCUT2D eigenvalue weighted by atomic mass is 10.3. The van der Waals surface area contributed by atoms with Gasteiger partial charge in [-0.1, -0.05) is 34.8 Å². The third-order valence-electron chi connectivity index (χ3n) is 3.65. The molecule has 0 radical (unpaired) electrons. The predicted octanol–water partition coefficient (Wildman–Crippen LogP) is 5.31. The maximum atomic E-state index is 12.4. The van der Waals surface area contributed by atoms with E-state index in [2.05, 4.69) is 21.7 Å². The Labute approximate surface area is 154 Å². The molecule has 7 heteroatoms. The van der Waals surface area contributed by atoms with Crippen LogP contribution in [-0.4, -0.2) is 23.4 Å². The molecular formula is C16H15Cl3N2OS. The zero-order valence-electron chi connectivity index (χ0n) is 12.2. The first-order chi connectivity index (χ1) is 11.0. The van der Waals surface area contributed by atoms with Gasteiger partial charge in [0.05, 0.1) is 22.3 Å². The van der Waals surface area contributed by atoms with Crippen molar-refractivity contribution in [1.82, 2.24) is 4.90 Å². The molecule has 0 saturated heterocycles. The van der Waals surface area contributed by atoms with Gasteiger partial charge < -0.3 is 5.32 Å². The maximum Gasteiger partial charge on any atom is 0.238 e. The molecule has 0 atom stereocenters. The summed E-state index contributed by atoms with van der Waals surface area (Å²) in [7, 11) is 0. The van der Waals surface area contributed by atoms with Crippen LogP contribution in [-0.2, 0) is 11.3 Å². The molecule has 0 unspecified atom stereocenters. The number of nitrogens with one attached hydrogen (secondary N) is 1. The highest BCUT2D eigenvalue weighted by atomic mass is 35.5. The number of hydrogen-bond acceptors (Lipinski definition) is 3. The molecule has 1 fully saturated rings. The van der Waals surface area contributed by atoms with Crippen molar-refractivity contribution < 1.29 is 4.79 Å². The summed E-state index contributed by atoms with van der Waals surface area (Å²) in [6.07, 6.45) is 2.28. The van der Waals surface area contributed by atoms with Gasteiger partial charge in [0.1, 0.15) is 0 Å². The highest BCUT2D eigenvalue weighted by Crippen LogP contribution is 2.34. The molecule has 122 valence electrons. The number of anilines is 1. The molecule has 1 amide bonds. The fourth-order valence-corrected chi connectivity index (χ4v) is 3.97. The molecule has 1 aliphatic carbocycles. The van der Waals surface area contributed by atoms with E-state index in [4.69, 9.17) is 34.8 Å². The zero-order valence-corrected chi connectivity index (χ0v) is 15.3. The van der Waals surface area contributed by atoms with Gasteiger partial charge in [-0.05, 0) is 47.4 Å². The van der Waals surface area contributed by atoms with Crippen molar-refractivity contribution in [3.05, 3.63) is 49.6 Å². The minimum Gasteiger partial charge on any atom is -0.322 e. The summed E-state index contributed by atoms with van der Waals surface area (Å²) in [5, 5.41) is 8.08. The van der Waals surface area contributed by atoms with Crippen LogP contribution in [0.2, 0.25) is 15.1 Å². The zero-order chi connectivity index (χ0) is 16.4. The highest BCUT2D eigenvalue weighted by Gasteiger charge is 2.30. The van der Waals surface area contributed by atoms with Crippen LogP contribution in [0.15, 0.2) is 29.0 Å². The van der Waals surface area contributed by atoms with Gasteiger partial charge in [0.25, 0.3) is 0 Å². The summed E-state index contributed by atoms with van der Waals surface area (Å²) in [5.41, 5.74) is 1.64. The van der Waals surface area contributed by atoms with Gasteiger partial charge in [-0.3, -0.25) is 9.69 Å². The van der Waals surface area contributed by atoms with E-state index in [0.717, 1.165) is 19.4 Å². The number of hydrogen-bond donors (Lipinski definition) is 1. The monoisotopic (exact) mass is 388 g/mol. The minimum atomic E-state index is -0.127. The normalized spacial score (nSPS) is 14.3. The third-order valence-corrected chi connectivity index (χ3v) is 5.19. The Morgan fingerprint density at radius 1 is 1.26 bits per heavy atom. The molecule has 3 rings (SSSR count). The smallest absolute Gasteiger partial charge is 0.238 e. The number of amides is 1. The van der Waals surface area contributed by atoms with Gasteiger partial charge in [-0.2, -0.15) is 11.3 Å². The number of carbonyl (C=O) groups is 1. The van der Waals surface area contributed by atoms with Crippen LogP contribution in [0, 0.1) is 0 Å². The van der Waals surface area contributed by atoms with E-state index < -0.39 is 0 Å². The van der Waals surface area contributed by atoms with Crippen molar-refractivity contribution in [2.75, 3.05) is 11.9 Å². The van der Waals surface area contributed by atoms with Crippen molar-refractivity contribution in [1.29, 1.82) is 0 Å². The fourth-order valence-electron chi connectivity index (χ4n) is 2.40. The summed E-state index contributed by atoms with van der Waals surface area (Å²) >= 11 is 19.8. The Balaban J connectivity index is 1.66. The van der Waals surface area contributed by atoms with Crippen LogP contribution in [0.25, 0.3) is 0 Å². The molecular weight excluding hydrogens is 375 g/mol. The van der Waals surface area contributed by atoms with Crippen LogP contribution >= 0.6 is 46.1 Å². The van der Waals surface area contributed by atoms with Gasteiger partial charge in [0.15, 0.2) is 0 Å². The lowest BCUT2D eigenvalue weighted by molar-refractivity contribution is -0.117. The van der Waals surface area contributed by atoms with Crippen molar-refractivity contribution in [2.24, 2.45) is 0 Å². The molecule has 1 saturated carbocycles. The first-order valence-corrected chi connectivity index (χ1v) is 9.30. The first-order valence-electron chi connectivity index (χ1n) is 7.22. The average molecular weight is 390 g/mol. The van der Waals surface area contributed by atoms with Crippen molar-refractivity contribution in [3.63, 3.8) is 0 Å². The number of benzene rings is 1. The largest absolute Gasteiger partial charge is 0.322 e. The molecule has 1 N–H and O–H groups in total. The standard InChI is InChI=1S/C16H15Cl3N2OS/c17-11-5-13(18)16(14(19)6-11)20-15(22)8-21(12-1-2-12)7-10-3-4-23-9-10/h3-6,9,12H,1-2,7-8H2,(H,20,22). The Kier molecular flexibility index (Phi) is 5.49. The summed E-state index contributed by atoms with van der Waals surface area (Å²) in [6.45, 7) is 1.10. The number of nitrogens with zero attached hydrogens (tertiary/aromatic N) is 1. The lowest BCUT2D eigenvalue weighted by Gasteiger charge is -2.21. The van der Waals surface area contributed by atoms with E-state index in [1.807, 2.05) is 5.38 Å². The van der Waals surface area contributed by atoms with Gasteiger partial charge in [-0.25, -0.2) is 0 Å². The van der Waals surface area contributed by atoms with E-state index in [9.17, 15) is 4.79 Å². The molecule has 1 aliphatic rings. The van der Waals surface area contributed by atoms with E-state index in [1.54, 1.807) is 23.5 Å². The van der Waals surface area contributed by atoms with E-state index in [-0.39, 0.29) is 5.91 Å². The Morgan fingerprint density at radius 2 is 1.96 bits per heavy atom. The Bertz CT molecular complexity index is 678. The summed E-state index contributed by atoms with van der Waals surface area (Å²) < 4.78 is 0. The van der Waals surface area contributed by atoms with Crippen molar-refractivity contribution in [2.45, 2.75) is 25.4 Å². The molecule has 0 spiro atoms. The molecule has 1 aromatic heterocycles. The maximum absolute atomic E-state index is 12.4. The number of rotatable bonds is 6. The molecule has 0 aliphatic heterocycles. The van der Waals surface area contributed by atoms with Gasteiger partial charge in [0, 0.05) is 17.6 Å². The molecule has 23 heavy (non-hydrogen) atoms. The fraction of sp³-hybridized carbons (Fsp3) is 0.312. The van der Waals surface area contributed by atoms with E-state index in [1.165, 1.54) is 5.56 Å². The summed E-state index contributed by atoms with van der Waals surface area (Å²) in [4.78, 5) is 14.6. The molecule has 0 bridgehead atoms. The van der Waals surface area contributed by atoms with Crippen LogP contribution in [0.5, 0.6) is 0 Å². The van der Waals surface area contributed by atoms with Crippen LogP contribution in [0.3, 0.4) is 0 Å². The molecule has 1 aromatic carbocycles. The predicted molar refractivity (Wildman–Crippen MR) is 97.9 cm³/mol. The molecule has 2 aromatic rings. The molecule has 3 nitrogen and oxygen atoms in total. The highest BCUT2D eigenvalue weighted by molar-refractivity contribution is 7.07. The van der Waals surface area contributed by atoms with Crippen molar-refractivity contribution >= 4 is 57.7 Å². The SMILES string of the molecule is O=C(CN(Cc1ccsc1)C1CC1)Nc1c(Cl)cc(Cl)cc1Cl. The minimum absolute atomic E-state index is 0.127. The quantitative estimate of drug-likeness (QED) is 0.726. The molecule has 1 heterocycles. The van der Waals surface area contributed by atoms with E-state index in [0.29, 0.717) is 33.3 Å². The lowest BCUT2D eigenvalue weighted by Crippen LogP contribution is -2.34.